The van der Waals surface area contributed by atoms with Crippen LogP contribution in [0.3, 0.4) is 0 Å². The largest absolute Gasteiger partial charge is 0.465 e. The van der Waals surface area contributed by atoms with Crippen molar-refractivity contribution in [2.24, 2.45) is 5.41 Å². The summed E-state index contributed by atoms with van der Waals surface area (Å²) in [5.74, 6) is -0.960. The Morgan fingerprint density at radius 3 is 2.82 bits per heavy atom. The molecule has 0 saturated carbocycles. The van der Waals surface area contributed by atoms with Crippen molar-refractivity contribution in [1.82, 2.24) is 0 Å². The van der Waals surface area contributed by atoms with Gasteiger partial charge in [-0.25, -0.2) is 4.39 Å². The Hall–Kier alpha value is -1.89. The highest BCUT2D eigenvalue weighted by molar-refractivity contribution is 5.79. The van der Waals surface area contributed by atoms with E-state index in [0.29, 0.717) is 5.56 Å². The van der Waals surface area contributed by atoms with Gasteiger partial charge in [0.15, 0.2) is 5.41 Å². The van der Waals surface area contributed by atoms with Gasteiger partial charge in [0.25, 0.3) is 0 Å². The smallest absolute Gasteiger partial charge is 0.326 e. The predicted octanol–water partition coefficient (Wildman–Crippen LogP) is 2.46. The lowest BCUT2D eigenvalue weighted by Crippen LogP contribution is -2.30. The van der Waals surface area contributed by atoms with E-state index in [-0.39, 0.29) is 18.8 Å². The van der Waals surface area contributed by atoms with Gasteiger partial charge in [-0.15, -0.1) is 0 Å². The average molecular weight is 235 g/mol. The summed E-state index contributed by atoms with van der Waals surface area (Å²) in [7, 11) is 0. The molecule has 0 aliphatic carbocycles. The molecule has 4 heteroatoms. The van der Waals surface area contributed by atoms with Crippen molar-refractivity contribution in [3.8, 4) is 6.07 Å². The highest BCUT2D eigenvalue weighted by atomic mass is 19.1. The molecule has 0 amide bonds. The number of esters is 1. The number of nitriles is 1. The summed E-state index contributed by atoms with van der Waals surface area (Å²) in [6.07, 6.45) is 0.139. The quantitative estimate of drug-likeness (QED) is 0.753. The monoisotopic (exact) mass is 235 g/mol. The molecule has 3 nitrogen and oxygen atoms in total. The Kier molecular flexibility index (Phi) is 4.22. The molecule has 0 aromatic heterocycles. The zero-order valence-electron chi connectivity index (χ0n) is 9.87. The van der Waals surface area contributed by atoms with E-state index in [2.05, 4.69) is 0 Å². The van der Waals surface area contributed by atoms with E-state index < -0.39 is 11.4 Å². The molecule has 1 rings (SSSR count). The number of hydrogen-bond acceptors (Lipinski definition) is 3. The Labute approximate surface area is 99.8 Å². The van der Waals surface area contributed by atoms with E-state index in [0.717, 1.165) is 0 Å². The summed E-state index contributed by atoms with van der Waals surface area (Å²) in [5.41, 5.74) is -0.675. The molecule has 1 aromatic rings. The van der Waals surface area contributed by atoms with Crippen LogP contribution in [0.25, 0.3) is 0 Å². The lowest BCUT2D eigenvalue weighted by molar-refractivity contribution is -0.151. The fourth-order valence-electron chi connectivity index (χ4n) is 1.50. The SMILES string of the molecule is CCOC(=O)C(C)(C#N)Cc1cccc(F)c1. The average Bonchev–Trinajstić information content (AvgIpc) is 2.29. The minimum atomic E-state index is -1.27. The lowest BCUT2D eigenvalue weighted by Gasteiger charge is -2.19. The standard InChI is InChI=1S/C13H14FNO2/c1-3-17-12(16)13(2,9-15)8-10-5-4-6-11(14)7-10/h4-7H,3,8H2,1-2H3. The normalized spacial score (nSPS) is 13.5. The van der Waals surface area contributed by atoms with Crippen LogP contribution in [0, 0.1) is 22.6 Å². The minimum Gasteiger partial charge on any atom is -0.465 e. The second-order valence-corrected chi connectivity index (χ2v) is 3.97. The van der Waals surface area contributed by atoms with Gasteiger partial charge in [0.05, 0.1) is 12.7 Å². The Bertz CT molecular complexity index is 453. The van der Waals surface area contributed by atoms with E-state index in [1.54, 1.807) is 19.1 Å². The van der Waals surface area contributed by atoms with Gasteiger partial charge < -0.3 is 4.74 Å². The molecule has 1 atom stereocenters. The molecule has 0 heterocycles. The Morgan fingerprint density at radius 2 is 2.29 bits per heavy atom. The van der Waals surface area contributed by atoms with Crippen LogP contribution in [0.15, 0.2) is 24.3 Å². The first-order chi connectivity index (χ1) is 8.01. The molecule has 0 aliphatic heterocycles. The molecular formula is C13H14FNO2. The molecule has 90 valence electrons. The maximum absolute atomic E-state index is 13.0. The number of benzene rings is 1. The van der Waals surface area contributed by atoms with E-state index in [9.17, 15) is 9.18 Å². The molecule has 1 aromatic carbocycles. The van der Waals surface area contributed by atoms with Gasteiger partial charge in [0.2, 0.25) is 0 Å². The van der Waals surface area contributed by atoms with Crippen LogP contribution in [-0.4, -0.2) is 12.6 Å². The number of halogens is 1. The number of rotatable bonds is 4. The van der Waals surface area contributed by atoms with Crippen molar-refractivity contribution in [3.05, 3.63) is 35.6 Å². The van der Waals surface area contributed by atoms with Gasteiger partial charge in [-0.1, -0.05) is 12.1 Å². The van der Waals surface area contributed by atoms with Crippen molar-refractivity contribution in [3.63, 3.8) is 0 Å². The zero-order chi connectivity index (χ0) is 12.9. The van der Waals surface area contributed by atoms with Gasteiger partial charge in [0, 0.05) is 6.42 Å². The first-order valence-electron chi connectivity index (χ1n) is 5.35. The van der Waals surface area contributed by atoms with E-state index in [1.807, 2.05) is 6.07 Å². The van der Waals surface area contributed by atoms with Gasteiger partial charge >= 0.3 is 5.97 Å². The fraction of sp³-hybridized carbons (Fsp3) is 0.385. The van der Waals surface area contributed by atoms with Crippen LogP contribution in [0.1, 0.15) is 19.4 Å². The fourth-order valence-corrected chi connectivity index (χ4v) is 1.50. The number of carbonyl (C=O) groups excluding carboxylic acids is 1. The Balaban J connectivity index is 2.90. The van der Waals surface area contributed by atoms with Crippen LogP contribution in [-0.2, 0) is 16.0 Å². The first-order valence-corrected chi connectivity index (χ1v) is 5.35. The first kappa shape index (κ1) is 13.2. The van der Waals surface area contributed by atoms with E-state index >= 15 is 0 Å². The van der Waals surface area contributed by atoms with Crippen LogP contribution >= 0.6 is 0 Å². The number of hydrogen-bond donors (Lipinski definition) is 0. The predicted molar refractivity (Wildman–Crippen MR) is 60.5 cm³/mol. The number of nitrogens with zero attached hydrogens (tertiary/aromatic N) is 1. The molecule has 0 spiro atoms. The minimum absolute atomic E-state index is 0.139. The third-order valence-electron chi connectivity index (χ3n) is 2.42. The van der Waals surface area contributed by atoms with Crippen LogP contribution in [0.2, 0.25) is 0 Å². The second kappa shape index (κ2) is 5.44. The van der Waals surface area contributed by atoms with Gasteiger partial charge in [-0.05, 0) is 31.5 Å². The molecular weight excluding hydrogens is 221 g/mol. The maximum Gasteiger partial charge on any atom is 0.326 e. The van der Waals surface area contributed by atoms with Crippen LogP contribution in [0.5, 0.6) is 0 Å². The van der Waals surface area contributed by atoms with Crippen molar-refractivity contribution in [1.29, 1.82) is 5.26 Å². The van der Waals surface area contributed by atoms with Gasteiger partial charge in [-0.2, -0.15) is 5.26 Å². The molecule has 0 bridgehead atoms. The molecule has 1 unspecified atom stereocenters. The van der Waals surface area contributed by atoms with Crippen LogP contribution < -0.4 is 0 Å². The van der Waals surface area contributed by atoms with Gasteiger partial charge in [-0.3, -0.25) is 4.79 Å². The number of carbonyl (C=O) groups is 1. The van der Waals surface area contributed by atoms with E-state index in [1.165, 1.54) is 19.1 Å². The zero-order valence-corrected chi connectivity index (χ0v) is 9.87. The summed E-state index contributed by atoms with van der Waals surface area (Å²) >= 11 is 0. The van der Waals surface area contributed by atoms with Crippen molar-refractivity contribution in [2.75, 3.05) is 6.61 Å². The topological polar surface area (TPSA) is 50.1 Å². The molecule has 0 radical (unpaired) electrons. The summed E-state index contributed by atoms with van der Waals surface area (Å²) in [6, 6.07) is 7.79. The molecule has 0 aliphatic rings. The third kappa shape index (κ3) is 3.28. The summed E-state index contributed by atoms with van der Waals surface area (Å²) in [5, 5.41) is 9.07. The van der Waals surface area contributed by atoms with Crippen molar-refractivity contribution >= 4 is 5.97 Å². The maximum atomic E-state index is 13.0. The van der Waals surface area contributed by atoms with E-state index in [4.69, 9.17) is 10.00 Å². The highest BCUT2D eigenvalue weighted by Gasteiger charge is 2.35. The summed E-state index contributed by atoms with van der Waals surface area (Å²) in [6.45, 7) is 3.40. The van der Waals surface area contributed by atoms with Crippen LogP contribution in [0.4, 0.5) is 4.39 Å². The molecule has 17 heavy (non-hydrogen) atoms. The molecule has 0 N–H and O–H groups in total. The number of ether oxygens (including phenoxy) is 1. The van der Waals surface area contributed by atoms with Crippen molar-refractivity contribution < 1.29 is 13.9 Å². The summed E-state index contributed by atoms with van der Waals surface area (Å²) < 4.78 is 17.8. The molecule has 0 fully saturated rings. The van der Waals surface area contributed by atoms with Gasteiger partial charge in [0.1, 0.15) is 5.82 Å². The van der Waals surface area contributed by atoms with Crippen molar-refractivity contribution in [2.45, 2.75) is 20.3 Å². The Morgan fingerprint density at radius 1 is 1.59 bits per heavy atom. The lowest BCUT2D eigenvalue weighted by atomic mass is 9.85. The molecule has 0 saturated heterocycles. The second-order valence-electron chi connectivity index (χ2n) is 3.97. The third-order valence-corrected chi connectivity index (χ3v) is 2.42. The highest BCUT2D eigenvalue weighted by Crippen LogP contribution is 2.24. The summed E-state index contributed by atoms with van der Waals surface area (Å²) in [4.78, 5) is 11.6.